The fourth-order valence-corrected chi connectivity index (χ4v) is 2.17. The molecule has 0 heterocycles. The molecule has 0 aliphatic carbocycles. The SMILES string of the molecule is CCCCC(CC)COCC(=O)c1ccccc1OC. The van der Waals surface area contributed by atoms with Crippen molar-refractivity contribution >= 4 is 5.78 Å². The largest absolute Gasteiger partial charge is 0.496 e. The Morgan fingerprint density at radius 3 is 2.65 bits per heavy atom. The van der Waals surface area contributed by atoms with Crippen LogP contribution >= 0.6 is 0 Å². The number of hydrogen-bond acceptors (Lipinski definition) is 3. The number of para-hydroxylation sites is 1. The second-order valence-corrected chi connectivity index (χ2v) is 5.06. The number of hydrogen-bond donors (Lipinski definition) is 0. The minimum absolute atomic E-state index is 0.0206. The fraction of sp³-hybridized carbons (Fsp3) is 0.588. The number of rotatable bonds is 10. The number of Topliss-reactive ketones (excluding diaryl/α,β-unsaturated/α-hetero) is 1. The number of benzene rings is 1. The van der Waals surface area contributed by atoms with Gasteiger partial charge in [-0.15, -0.1) is 0 Å². The molecule has 1 unspecified atom stereocenters. The predicted molar refractivity (Wildman–Crippen MR) is 81.4 cm³/mol. The monoisotopic (exact) mass is 278 g/mol. The van der Waals surface area contributed by atoms with Crippen molar-refractivity contribution in [2.75, 3.05) is 20.3 Å². The van der Waals surface area contributed by atoms with Crippen molar-refractivity contribution in [2.24, 2.45) is 5.92 Å². The number of carbonyl (C=O) groups is 1. The van der Waals surface area contributed by atoms with Crippen molar-refractivity contribution < 1.29 is 14.3 Å². The van der Waals surface area contributed by atoms with E-state index in [1.165, 1.54) is 19.3 Å². The third kappa shape index (κ3) is 5.33. The van der Waals surface area contributed by atoms with Crippen molar-refractivity contribution in [3.05, 3.63) is 29.8 Å². The second kappa shape index (κ2) is 9.54. The molecule has 1 atom stereocenters. The lowest BCUT2D eigenvalue weighted by Gasteiger charge is -2.14. The van der Waals surface area contributed by atoms with Gasteiger partial charge in [-0.25, -0.2) is 0 Å². The average Bonchev–Trinajstić information content (AvgIpc) is 2.50. The predicted octanol–water partition coefficient (Wildman–Crippen LogP) is 4.11. The molecule has 1 rings (SSSR count). The molecular formula is C17H26O3. The van der Waals surface area contributed by atoms with E-state index in [0.717, 1.165) is 6.42 Å². The van der Waals surface area contributed by atoms with Gasteiger partial charge in [0.25, 0.3) is 0 Å². The molecule has 0 amide bonds. The lowest BCUT2D eigenvalue weighted by atomic mass is 10.0. The number of ketones is 1. The lowest BCUT2D eigenvalue weighted by molar-refractivity contribution is 0.0656. The first-order valence-corrected chi connectivity index (χ1v) is 7.46. The molecule has 20 heavy (non-hydrogen) atoms. The van der Waals surface area contributed by atoms with Crippen LogP contribution in [-0.4, -0.2) is 26.1 Å². The molecule has 1 aromatic rings. The zero-order valence-corrected chi connectivity index (χ0v) is 12.9. The first-order valence-electron chi connectivity index (χ1n) is 7.46. The summed E-state index contributed by atoms with van der Waals surface area (Å²) in [6.45, 7) is 5.16. The smallest absolute Gasteiger partial charge is 0.192 e. The molecule has 0 saturated heterocycles. The van der Waals surface area contributed by atoms with E-state index in [9.17, 15) is 4.79 Å². The van der Waals surface area contributed by atoms with Gasteiger partial charge in [0.1, 0.15) is 12.4 Å². The van der Waals surface area contributed by atoms with Gasteiger partial charge >= 0.3 is 0 Å². The van der Waals surface area contributed by atoms with Crippen LogP contribution in [0.15, 0.2) is 24.3 Å². The van der Waals surface area contributed by atoms with Gasteiger partial charge in [0, 0.05) is 6.61 Å². The van der Waals surface area contributed by atoms with Crippen molar-refractivity contribution in [2.45, 2.75) is 39.5 Å². The fourth-order valence-electron chi connectivity index (χ4n) is 2.17. The van der Waals surface area contributed by atoms with E-state index in [0.29, 0.717) is 23.8 Å². The summed E-state index contributed by atoms with van der Waals surface area (Å²) in [4.78, 5) is 12.1. The van der Waals surface area contributed by atoms with E-state index in [4.69, 9.17) is 9.47 Å². The van der Waals surface area contributed by atoms with Gasteiger partial charge in [0.2, 0.25) is 0 Å². The molecule has 0 spiro atoms. The van der Waals surface area contributed by atoms with Crippen LogP contribution in [0.2, 0.25) is 0 Å². The van der Waals surface area contributed by atoms with Crippen LogP contribution < -0.4 is 4.74 Å². The summed E-state index contributed by atoms with van der Waals surface area (Å²) in [6.07, 6.45) is 4.71. The highest BCUT2D eigenvalue weighted by molar-refractivity contribution is 5.99. The molecule has 3 nitrogen and oxygen atoms in total. The summed E-state index contributed by atoms with van der Waals surface area (Å²) in [5.41, 5.74) is 0.594. The van der Waals surface area contributed by atoms with E-state index < -0.39 is 0 Å². The Labute approximate surface area is 122 Å². The highest BCUT2D eigenvalue weighted by atomic mass is 16.5. The summed E-state index contributed by atoms with van der Waals surface area (Å²) in [7, 11) is 1.57. The van der Waals surface area contributed by atoms with Crippen LogP contribution in [0.4, 0.5) is 0 Å². The maximum Gasteiger partial charge on any atom is 0.192 e. The van der Waals surface area contributed by atoms with Crippen molar-refractivity contribution in [3.8, 4) is 5.75 Å². The second-order valence-electron chi connectivity index (χ2n) is 5.06. The zero-order chi connectivity index (χ0) is 14.8. The van der Waals surface area contributed by atoms with Crippen LogP contribution in [0.25, 0.3) is 0 Å². The quantitative estimate of drug-likeness (QED) is 0.604. The Bertz CT molecular complexity index is 401. The van der Waals surface area contributed by atoms with E-state index in [1.54, 1.807) is 19.2 Å². The van der Waals surface area contributed by atoms with Crippen molar-refractivity contribution in [1.82, 2.24) is 0 Å². The third-order valence-corrected chi connectivity index (χ3v) is 3.54. The van der Waals surface area contributed by atoms with Gasteiger partial charge in [-0.2, -0.15) is 0 Å². The molecule has 3 heteroatoms. The molecule has 0 aliphatic heterocycles. The summed E-state index contributed by atoms with van der Waals surface area (Å²) < 4.78 is 10.8. The van der Waals surface area contributed by atoms with Gasteiger partial charge in [-0.05, 0) is 24.5 Å². The molecular weight excluding hydrogens is 252 g/mol. The molecule has 0 N–H and O–H groups in total. The van der Waals surface area contributed by atoms with E-state index in [2.05, 4.69) is 13.8 Å². The lowest BCUT2D eigenvalue weighted by Crippen LogP contribution is -2.15. The van der Waals surface area contributed by atoms with Crippen LogP contribution in [0.3, 0.4) is 0 Å². The topological polar surface area (TPSA) is 35.5 Å². The molecule has 0 aliphatic rings. The Kier molecular flexibility index (Phi) is 7.97. The average molecular weight is 278 g/mol. The van der Waals surface area contributed by atoms with E-state index in [1.807, 2.05) is 12.1 Å². The van der Waals surface area contributed by atoms with Gasteiger partial charge in [-0.3, -0.25) is 4.79 Å². The van der Waals surface area contributed by atoms with Gasteiger partial charge in [-0.1, -0.05) is 45.2 Å². The first-order chi connectivity index (χ1) is 9.72. The minimum Gasteiger partial charge on any atom is -0.496 e. The molecule has 0 radical (unpaired) electrons. The summed E-state index contributed by atoms with van der Waals surface area (Å²) in [6, 6.07) is 7.27. The summed E-state index contributed by atoms with van der Waals surface area (Å²) in [5, 5.41) is 0. The zero-order valence-electron chi connectivity index (χ0n) is 12.9. The van der Waals surface area contributed by atoms with E-state index >= 15 is 0 Å². The first kappa shape index (κ1) is 16.7. The van der Waals surface area contributed by atoms with Gasteiger partial charge in [0.05, 0.1) is 12.7 Å². The Balaban J connectivity index is 2.43. The number of ether oxygens (including phenoxy) is 2. The minimum atomic E-state index is -0.0206. The van der Waals surface area contributed by atoms with E-state index in [-0.39, 0.29) is 12.4 Å². The maximum absolute atomic E-state index is 12.1. The number of methoxy groups -OCH3 is 1. The van der Waals surface area contributed by atoms with Gasteiger partial charge < -0.3 is 9.47 Å². The van der Waals surface area contributed by atoms with Crippen LogP contribution in [-0.2, 0) is 4.74 Å². The molecule has 1 aromatic carbocycles. The molecule has 0 bridgehead atoms. The summed E-state index contributed by atoms with van der Waals surface area (Å²) in [5.74, 6) is 1.15. The van der Waals surface area contributed by atoms with Crippen LogP contribution in [0.5, 0.6) is 5.75 Å². The van der Waals surface area contributed by atoms with Crippen molar-refractivity contribution in [1.29, 1.82) is 0 Å². The molecule has 0 saturated carbocycles. The normalized spacial score (nSPS) is 12.2. The molecule has 112 valence electrons. The molecule has 0 fully saturated rings. The van der Waals surface area contributed by atoms with Crippen LogP contribution in [0.1, 0.15) is 49.9 Å². The third-order valence-electron chi connectivity index (χ3n) is 3.54. The Hall–Kier alpha value is -1.35. The van der Waals surface area contributed by atoms with Crippen LogP contribution in [0, 0.1) is 5.92 Å². The number of carbonyl (C=O) groups excluding carboxylic acids is 1. The Morgan fingerprint density at radius 2 is 2.00 bits per heavy atom. The highest BCUT2D eigenvalue weighted by Gasteiger charge is 2.13. The number of unbranched alkanes of at least 4 members (excludes halogenated alkanes) is 1. The highest BCUT2D eigenvalue weighted by Crippen LogP contribution is 2.18. The Morgan fingerprint density at radius 1 is 1.25 bits per heavy atom. The summed E-state index contributed by atoms with van der Waals surface area (Å²) >= 11 is 0. The van der Waals surface area contributed by atoms with Crippen molar-refractivity contribution in [3.63, 3.8) is 0 Å². The standard InChI is InChI=1S/C17H26O3/c1-4-6-9-14(5-2)12-20-13-16(18)15-10-7-8-11-17(15)19-3/h7-8,10-11,14H,4-6,9,12-13H2,1-3H3. The molecule has 0 aromatic heterocycles. The maximum atomic E-state index is 12.1. The van der Waals surface area contributed by atoms with Gasteiger partial charge in [0.15, 0.2) is 5.78 Å².